The van der Waals surface area contributed by atoms with Gasteiger partial charge in [0.05, 0.1) is 25.4 Å². The molecule has 0 aromatic heterocycles. The number of hydrogen-bond acceptors (Lipinski definition) is 10. The van der Waals surface area contributed by atoms with Gasteiger partial charge in [0.1, 0.15) is 36.6 Å². The molecule has 0 saturated carbocycles. The molecule has 9 atom stereocenters. The molecule has 1 saturated heterocycles. The minimum atomic E-state index is -1.67. The molecule has 1 amide bonds. The Bertz CT molecular complexity index is 1010. The predicted molar refractivity (Wildman–Crippen MR) is 238 cm³/mol. The standard InChI is InChI=1S/C48H91NO10/c1-3-5-7-9-11-13-15-16-17-18-19-20-21-22-23-24-26-28-30-32-34-36-41(52)47(57)49-39(38-58-48-46(56)45(55)44(54)42(37-50)59-48)43(53)40(51)35-33-31-29-27-25-14-12-10-8-6-4-2/h21-22,27,29,39-46,48,50-56H,3-20,23-26,28,30-38H2,1-2H3,(H,49,57)/b22-21-,29-27+. The second-order valence-corrected chi connectivity index (χ2v) is 17.2. The molecular weight excluding hydrogens is 751 g/mol. The van der Waals surface area contributed by atoms with E-state index in [0.717, 1.165) is 57.8 Å². The zero-order chi connectivity index (χ0) is 43.4. The normalized spacial score (nSPS) is 21.9. The summed E-state index contributed by atoms with van der Waals surface area (Å²) >= 11 is 0. The number of carbonyl (C=O) groups excluding carboxylic acids is 1. The Kier molecular flexibility index (Phi) is 36.1. The molecule has 1 heterocycles. The van der Waals surface area contributed by atoms with Gasteiger partial charge in [0.2, 0.25) is 5.91 Å². The fraction of sp³-hybridized carbons (Fsp3) is 0.896. The quantitative estimate of drug-likeness (QED) is 0.0221. The van der Waals surface area contributed by atoms with E-state index >= 15 is 0 Å². The molecule has 0 spiro atoms. The molecular formula is C48H91NO10. The summed E-state index contributed by atoms with van der Waals surface area (Å²) in [6, 6.07) is -1.18. The van der Waals surface area contributed by atoms with Crippen molar-refractivity contribution in [2.45, 2.75) is 262 Å². The predicted octanol–water partition coefficient (Wildman–Crippen LogP) is 8.23. The number of aliphatic hydroxyl groups excluding tert-OH is 7. The van der Waals surface area contributed by atoms with Crippen LogP contribution in [0.1, 0.15) is 206 Å². The van der Waals surface area contributed by atoms with Crippen LogP contribution in [0, 0.1) is 0 Å². The first-order valence-electron chi connectivity index (χ1n) is 24.2. The van der Waals surface area contributed by atoms with Gasteiger partial charge in [0.15, 0.2) is 6.29 Å². The van der Waals surface area contributed by atoms with Gasteiger partial charge in [-0.05, 0) is 64.2 Å². The van der Waals surface area contributed by atoms with E-state index in [1.807, 2.05) is 0 Å². The molecule has 1 rings (SSSR count). The first kappa shape index (κ1) is 55.6. The minimum absolute atomic E-state index is 0.248. The highest BCUT2D eigenvalue weighted by Gasteiger charge is 2.44. The van der Waals surface area contributed by atoms with E-state index in [2.05, 4.69) is 43.5 Å². The molecule has 0 radical (unpaired) electrons. The second kappa shape index (κ2) is 38.3. The number of allylic oxidation sites excluding steroid dienone is 4. The lowest BCUT2D eigenvalue weighted by atomic mass is 9.98. The van der Waals surface area contributed by atoms with Crippen LogP contribution in [0.4, 0.5) is 0 Å². The maximum atomic E-state index is 13.1. The Morgan fingerprint density at radius 1 is 0.576 bits per heavy atom. The smallest absolute Gasteiger partial charge is 0.249 e. The van der Waals surface area contributed by atoms with Gasteiger partial charge < -0.3 is 50.5 Å². The monoisotopic (exact) mass is 842 g/mol. The van der Waals surface area contributed by atoms with Gasteiger partial charge in [-0.3, -0.25) is 4.79 Å². The van der Waals surface area contributed by atoms with Gasteiger partial charge in [-0.2, -0.15) is 0 Å². The molecule has 1 aliphatic rings. The average Bonchev–Trinajstić information content (AvgIpc) is 3.23. The number of aliphatic hydroxyl groups is 7. The molecule has 59 heavy (non-hydrogen) atoms. The SMILES string of the molecule is CCCCCCCC/C=C/CCCC(O)C(O)C(COC1OC(CO)C(O)C(O)C1O)NC(=O)C(O)CCCCCCCC/C=C\CCCCCCCCCCCCC. The van der Waals surface area contributed by atoms with Crippen molar-refractivity contribution in [2.24, 2.45) is 0 Å². The van der Waals surface area contributed by atoms with Crippen molar-refractivity contribution in [2.75, 3.05) is 13.2 Å². The third-order valence-corrected chi connectivity index (χ3v) is 11.7. The number of carbonyl (C=O) groups is 1. The Morgan fingerprint density at radius 3 is 1.46 bits per heavy atom. The van der Waals surface area contributed by atoms with Crippen LogP contribution in [0.5, 0.6) is 0 Å². The van der Waals surface area contributed by atoms with Gasteiger partial charge in [-0.15, -0.1) is 0 Å². The lowest BCUT2D eigenvalue weighted by molar-refractivity contribution is -0.303. The van der Waals surface area contributed by atoms with Crippen LogP contribution in [0.25, 0.3) is 0 Å². The van der Waals surface area contributed by atoms with Gasteiger partial charge >= 0.3 is 0 Å². The van der Waals surface area contributed by atoms with Gasteiger partial charge in [-0.25, -0.2) is 0 Å². The van der Waals surface area contributed by atoms with Crippen molar-refractivity contribution < 1.29 is 50.0 Å². The van der Waals surface area contributed by atoms with E-state index in [9.17, 15) is 40.5 Å². The first-order valence-corrected chi connectivity index (χ1v) is 24.2. The van der Waals surface area contributed by atoms with Crippen molar-refractivity contribution in [3.63, 3.8) is 0 Å². The topological polar surface area (TPSA) is 189 Å². The zero-order valence-corrected chi connectivity index (χ0v) is 37.5. The zero-order valence-electron chi connectivity index (χ0n) is 37.5. The number of unbranched alkanes of at least 4 members (excludes halogenated alkanes) is 24. The van der Waals surface area contributed by atoms with Crippen LogP contribution in [-0.4, -0.2) is 110 Å². The molecule has 1 aliphatic heterocycles. The fourth-order valence-corrected chi connectivity index (χ4v) is 7.67. The van der Waals surface area contributed by atoms with E-state index in [1.165, 1.54) is 109 Å². The van der Waals surface area contributed by atoms with Crippen LogP contribution in [0.15, 0.2) is 24.3 Å². The van der Waals surface area contributed by atoms with E-state index in [0.29, 0.717) is 12.8 Å². The van der Waals surface area contributed by atoms with Crippen LogP contribution in [0.2, 0.25) is 0 Å². The molecule has 8 N–H and O–H groups in total. The maximum absolute atomic E-state index is 13.1. The molecule has 0 aromatic carbocycles. The van der Waals surface area contributed by atoms with Crippen molar-refractivity contribution in [3.8, 4) is 0 Å². The molecule has 348 valence electrons. The molecule has 0 aromatic rings. The summed E-state index contributed by atoms with van der Waals surface area (Å²) in [4.78, 5) is 13.1. The first-order chi connectivity index (χ1) is 28.7. The van der Waals surface area contributed by atoms with Crippen LogP contribution >= 0.6 is 0 Å². The molecule has 11 heteroatoms. The van der Waals surface area contributed by atoms with Crippen LogP contribution in [-0.2, 0) is 14.3 Å². The van der Waals surface area contributed by atoms with Crippen LogP contribution in [0.3, 0.4) is 0 Å². The third kappa shape index (κ3) is 28.0. The van der Waals surface area contributed by atoms with Gasteiger partial charge in [0, 0.05) is 0 Å². The highest BCUT2D eigenvalue weighted by atomic mass is 16.7. The largest absolute Gasteiger partial charge is 0.394 e. The van der Waals surface area contributed by atoms with Crippen LogP contribution < -0.4 is 5.32 Å². The molecule has 0 bridgehead atoms. The van der Waals surface area contributed by atoms with Gasteiger partial charge in [0.25, 0.3) is 0 Å². The van der Waals surface area contributed by atoms with Crippen molar-refractivity contribution in [1.29, 1.82) is 0 Å². The minimum Gasteiger partial charge on any atom is -0.394 e. The molecule has 0 aliphatic carbocycles. The Balaban J connectivity index is 2.40. The summed E-state index contributed by atoms with van der Waals surface area (Å²) in [6.45, 7) is 3.40. The number of rotatable bonds is 40. The number of ether oxygens (including phenoxy) is 2. The number of hydrogen-bond donors (Lipinski definition) is 8. The third-order valence-electron chi connectivity index (χ3n) is 11.7. The summed E-state index contributed by atoms with van der Waals surface area (Å²) in [5, 5.41) is 75.6. The summed E-state index contributed by atoms with van der Waals surface area (Å²) < 4.78 is 11.1. The van der Waals surface area contributed by atoms with Crippen molar-refractivity contribution >= 4 is 5.91 Å². The Hall–Kier alpha value is -1.41. The molecule has 1 fully saturated rings. The Morgan fingerprint density at radius 2 is 1.00 bits per heavy atom. The number of amides is 1. The molecule has 9 unspecified atom stereocenters. The van der Waals surface area contributed by atoms with E-state index in [4.69, 9.17) is 9.47 Å². The highest BCUT2D eigenvalue weighted by Crippen LogP contribution is 2.23. The summed E-state index contributed by atoms with van der Waals surface area (Å²) in [7, 11) is 0. The van der Waals surface area contributed by atoms with E-state index in [1.54, 1.807) is 0 Å². The van der Waals surface area contributed by atoms with Gasteiger partial charge in [-0.1, -0.05) is 167 Å². The van der Waals surface area contributed by atoms with E-state index < -0.39 is 74.2 Å². The average molecular weight is 842 g/mol. The number of nitrogens with one attached hydrogen (secondary N) is 1. The highest BCUT2D eigenvalue weighted by molar-refractivity contribution is 5.80. The fourth-order valence-electron chi connectivity index (χ4n) is 7.67. The van der Waals surface area contributed by atoms with E-state index in [-0.39, 0.29) is 12.8 Å². The summed E-state index contributed by atoms with van der Waals surface area (Å²) in [5.41, 5.74) is 0. The maximum Gasteiger partial charge on any atom is 0.249 e. The Labute approximate surface area is 359 Å². The summed E-state index contributed by atoms with van der Waals surface area (Å²) in [6.07, 6.45) is 31.0. The van der Waals surface area contributed by atoms with Crippen molar-refractivity contribution in [3.05, 3.63) is 24.3 Å². The lowest BCUT2D eigenvalue weighted by Gasteiger charge is -2.40. The second-order valence-electron chi connectivity index (χ2n) is 17.2. The summed E-state index contributed by atoms with van der Waals surface area (Å²) in [5.74, 6) is -0.712. The van der Waals surface area contributed by atoms with Crippen molar-refractivity contribution in [1.82, 2.24) is 5.32 Å². The lowest BCUT2D eigenvalue weighted by Crippen LogP contribution is -2.60. The molecule has 11 nitrogen and oxygen atoms in total.